The minimum absolute atomic E-state index is 0.0240. The Bertz CT molecular complexity index is 1300. The number of ether oxygens (including phenoxy) is 2. The average molecular weight is 497 g/mol. The van der Waals surface area contributed by atoms with Gasteiger partial charge < -0.3 is 14.4 Å². The zero-order valence-electron chi connectivity index (χ0n) is 20.1. The number of sulfonamides is 1. The summed E-state index contributed by atoms with van der Waals surface area (Å²) in [4.78, 5) is 26.2. The normalized spacial score (nSPS) is 11.0. The standard InChI is InChI=1S/C26H28N2O6S/c1-18-5-9-20(10-6-18)16-28(3)25(29)17-34-26(30)21-11-14-23(33-4)24(15-21)35(31,32)27-22-12-7-19(2)8-13-22/h5-15,27H,16-17H2,1-4H3. The Labute approximate surface area is 205 Å². The van der Waals surface area contributed by atoms with E-state index < -0.39 is 22.6 Å². The Hall–Kier alpha value is -3.85. The molecule has 0 radical (unpaired) electrons. The molecule has 0 aliphatic carbocycles. The fraction of sp³-hybridized carbons (Fsp3) is 0.231. The van der Waals surface area contributed by atoms with Gasteiger partial charge in [0, 0.05) is 19.3 Å². The van der Waals surface area contributed by atoms with Crippen LogP contribution in [0.25, 0.3) is 0 Å². The smallest absolute Gasteiger partial charge is 0.338 e. The van der Waals surface area contributed by atoms with E-state index in [0.717, 1.165) is 22.8 Å². The van der Waals surface area contributed by atoms with Crippen molar-refractivity contribution in [3.05, 3.63) is 89.0 Å². The van der Waals surface area contributed by atoms with Crippen LogP contribution < -0.4 is 9.46 Å². The van der Waals surface area contributed by atoms with Crippen LogP contribution >= 0.6 is 0 Å². The van der Waals surface area contributed by atoms with Gasteiger partial charge in [-0.15, -0.1) is 0 Å². The van der Waals surface area contributed by atoms with E-state index in [1.165, 1.54) is 24.1 Å². The summed E-state index contributed by atoms with van der Waals surface area (Å²) >= 11 is 0. The number of carbonyl (C=O) groups is 2. The lowest BCUT2D eigenvalue weighted by atomic mass is 10.1. The number of aryl methyl sites for hydroxylation is 2. The van der Waals surface area contributed by atoms with Crippen LogP contribution in [-0.4, -0.2) is 46.0 Å². The SMILES string of the molecule is COc1ccc(C(=O)OCC(=O)N(C)Cc2ccc(C)cc2)cc1S(=O)(=O)Nc1ccc(C)cc1. The quantitative estimate of drug-likeness (QED) is 0.451. The highest BCUT2D eigenvalue weighted by atomic mass is 32.2. The highest BCUT2D eigenvalue weighted by Gasteiger charge is 2.23. The molecule has 0 atom stereocenters. The molecule has 8 nitrogen and oxygen atoms in total. The minimum atomic E-state index is -4.07. The first-order chi connectivity index (χ1) is 16.6. The second kappa shape index (κ2) is 11.1. The maximum absolute atomic E-state index is 13.0. The van der Waals surface area contributed by atoms with Gasteiger partial charge in [0.25, 0.3) is 15.9 Å². The van der Waals surface area contributed by atoms with Gasteiger partial charge in [0.15, 0.2) is 6.61 Å². The van der Waals surface area contributed by atoms with Gasteiger partial charge >= 0.3 is 5.97 Å². The summed E-state index contributed by atoms with van der Waals surface area (Å²) < 4.78 is 38.8. The van der Waals surface area contributed by atoms with Crippen LogP contribution in [-0.2, 0) is 26.1 Å². The highest BCUT2D eigenvalue weighted by Crippen LogP contribution is 2.27. The molecule has 1 N–H and O–H groups in total. The first kappa shape index (κ1) is 25.8. The largest absolute Gasteiger partial charge is 0.495 e. The molecule has 9 heteroatoms. The van der Waals surface area contributed by atoms with Crippen molar-refractivity contribution in [2.24, 2.45) is 0 Å². The molecule has 0 aromatic heterocycles. The van der Waals surface area contributed by atoms with Crippen LogP contribution in [0.1, 0.15) is 27.0 Å². The van der Waals surface area contributed by atoms with Crippen molar-refractivity contribution in [1.29, 1.82) is 0 Å². The van der Waals surface area contributed by atoms with Gasteiger partial charge in [-0.3, -0.25) is 9.52 Å². The van der Waals surface area contributed by atoms with Gasteiger partial charge in [0.05, 0.1) is 12.7 Å². The van der Waals surface area contributed by atoms with E-state index >= 15 is 0 Å². The van der Waals surface area contributed by atoms with Crippen molar-refractivity contribution in [3.8, 4) is 5.75 Å². The first-order valence-corrected chi connectivity index (χ1v) is 12.3. The Morgan fingerprint density at radius 3 is 2.11 bits per heavy atom. The van der Waals surface area contributed by atoms with Crippen molar-refractivity contribution in [1.82, 2.24) is 4.90 Å². The van der Waals surface area contributed by atoms with E-state index in [0.29, 0.717) is 12.2 Å². The molecule has 0 heterocycles. The third-order valence-corrected chi connectivity index (χ3v) is 6.69. The van der Waals surface area contributed by atoms with Gasteiger partial charge in [0.1, 0.15) is 10.6 Å². The predicted molar refractivity (Wildman–Crippen MR) is 133 cm³/mol. The van der Waals surface area contributed by atoms with E-state index in [4.69, 9.17) is 9.47 Å². The molecule has 3 aromatic carbocycles. The Morgan fingerprint density at radius 1 is 0.914 bits per heavy atom. The molecular formula is C26H28N2O6S. The second-order valence-corrected chi connectivity index (χ2v) is 9.80. The van der Waals surface area contributed by atoms with E-state index in [2.05, 4.69) is 4.72 Å². The number of hydrogen-bond donors (Lipinski definition) is 1. The van der Waals surface area contributed by atoms with Crippen LogP contribution in [0, 0.1) is 13.8 Å². The summed E-state index contributed by atoms with van der Waals surface area (Å²) in [5, 5.41) is 0. The van der Waals surface area contributed by atoms with Crippen LogP contribution in [0.4, 0.5) is 5.69 Å². The maximum atomic E-state index is 13.0. The lowest BCUT2D eigenvalue weighted by Gasteiger charge is -2.17. The average Bonchev–Trinajstić information content (AvgIpc) is 2.84. The van der Waals surface area contributed by atoms with Crippen LogP contribution in [0.3, 0.4) is 0 Å². The summed E-state index contributed by atoms with van der Waals surface area (Å²) in [6.45, 7) is 3.76. The number of carbonyl (C=O) groups excluding carboxylic acids is 2. The molecule has 184 valence electrons. The Balaban J connectivity index is 1.69. The molecule has 0 fully saturated rings. The van der Waals surface area contributed by atoms with E-state index in [1.807, 2.05) is 38.1 Å². The lowest BCUT2D eigenvalue weighted by molar-refractivity contribution is -0.133. The number of likely N-dealkylation sites (N-methyl/N-ethyl adjacent to an activating group) is 1. The van der Waals surface area contributed by atoms with Crippen LogP contribution in [0.15, 0.2) is 71.6 Å². The van der Waals surface area contributed by atoms with Crippen molar-refractivity contribution in [2.45, 2.75) is 25.3 Å². The molecule has 0 saturated carbocycles. The van der Waals surface area contributed by atoms with Crippen LogP contribution in [0.2, 0.25) is 0 Å². The van der Waals surface area contributed by atoms with Gasteiger partial charge in [-0.05, 0) is 49.7 Å². The van der Waals surface area contributed by atoms with Gasteiger partial charge in [0.2, 0.25) is 0 Å². The van der Waals surface area contributed by atoms with Crippen molar-refractivity contribution < 1.29 is 27.5 Å². The highest BCUT2D eigenvalue weighted by molar-refractivity contribution is 7.92. The second-order valence-electron chi connectivity index (χ2n) is 8.15. The van der Waals surface area contributed by atoms with Gasteiger partial charge in [-0.1, -0.05) is 47.5 Å². The van der Waals surface area contributed by atoms with Gasteiger partial charge in [-0.2, -0.15) is 0 Å². The minimum Gasteiger partial charge on any atom is -0.495 e. The van der Waals surface area contributed by atoms with Crippen molar-refractivity contribution in [2.75, 3.05) is 25.5 Å². The lowest BCUT2D eigenvalue weighted by Crippen LogP contribution is -2.30. The summed E-state index contributed by atoms with van der Waals surface area (Å²) in [5.41, 5.74) is 3.39. The molecule has 0 aliphatic heterocycles. The van der Waals surface area contributed by atoms with E-state index in [1.54, 1.807) is 31.3 Å². The van der Waals surface area contributed by atoms with Crippen LogP contribution in [0.5, 0.6) is 5.75 Å². The summed E-state index contributed by atoms with van der Waals surface area (Å²) in [5.74, 6) is -1.15. The third kappa shape index (κ3) is 6.83. The fourth-order valence-electron chi connectivity index (χ4n) is 3.22. The van der Waals surface area contributed by atoms with Crippen molar-refractivity contribution >= 4 is 27.6 Å². The summed E-state index contributed by atoms with van der Waals surface area (Å²) in [6, 6.07) is 18.5. The molecule has 0 bridgehead atoms. The monoisotopic (exact) mass is 496 g/mol. The number of methoxy groups -OCH3 is 1. The Kier molecular flexibility index (Phi) is 8.14. The summed E-state index contributed by atoms with van der Waals surface area (Å²) in [6.07, 6.45) is 0. The molecule has 1 amide bonds. The summed E-state index contributed by atoms with van der Waals surface area (Å²) in [7, 11) is -1.12. The molecule has 0 aliphatic rings. The molecule has 35 heavy (non-hydrogen) atoms. The number of benzene rings is 3. The third-order valence-electron chi connectivity index (χ3n) is 5.29. The number of nitrogens with zero attached hydrogens (tertiary/aromatic N) is 1. The predicted octanol–water partition coefficient (Wildman–Crippen LogP) is 3.93. The van der Waals surface area contributed by atoms with E-state index in [9.17, 15) is 18.0 Å². The maximum Gasteiger partial charge on any atom is 0.338 e. The molecule has 3 aromatic rings. The fourth-order valence-corrected chi connectivity index (χ4v) is 4.48. The Morgan fingerprint density at radius 2 is 1.51 bits per heavy atom. The number of esters is 1. The zero-order valence-corrected chi connectivity index (χ0v) is 20.9. The van der Waals surface area contributed by atoms with Crippen molar-refractivity contribution in [3.63, 3.8) is 0 Å². The number of rotatable bonds is 9. The number of amides is 1. The molecular weight excluding hydrogens is 468 g/mol. The molecule has 0 saturated heterocycles. The first-order valence-electron chi connectivity index (χ1n) is 10.8. The number of anilines is 1. The topological polar surface area (TPSA) is 102 Å². The molecule has 3 rings (SSSR count). The van der Waals surface area contributed by atoms with E-state index in [-0.39, 0.29) is 22.1 Å². The van der Waals surface area contributed by atoms with Gasteiger partial charge in [-0.25, -0.2) is 13.2 Å². The number of hydrogen-bond acceptors (Lipinski definition) is 6. The zero-order chi connectivity index (χ0) is 25.6. The number of nitrogens with one attached hydrogen (secondary N) is 1. The molecule has 0 unspecified atom stereocenters. The molecule has 0 spiro atoms.